The lowest BCUT2D eigenvalue weighted by molar-refractivity contribution is 0.0517. The van der Waals surface area contributed by atoms with E-state index >= 15 is 0 Å². The monoisotopic (exact) mass is 613 g/mol. The first-order valence-electron chi connectivity index (χ1n) is 13.2. The first-order chi connectivity index (χ1) is 20.0. The zero-order chi connectivity index (χ0) is 30.7. The number of methoxy groups -OCH3 is 1. The highest BCUT2D eigenvalue weighted by Gasteiger charge is 2.34. The average Bonchev–Trinajstić information content (AvgIpc) is 3.35. The van der Waals surface area contributed by atoms with E-state index in [1.54, 1.807) is 47.9 Å². The highest BCUT2D eigenvalue weighted by molar-refractivity contribution is 6.31. The number of aryl methyl sites for hydroxylation is 1. The van der Waals surface area contributed by atoms with Crippen LogP contribution >= 0.6 is 23.2 Å². The molecular weight excluding hydrogens is 581 g/mol. The standard InChI is InChI=1S/C29H33Cl2N7O4/c1-8-42-28(40)24-22(25(16(2)3)38(35-24)21-14-32-29(36(4)5)34-26(21)41-7)23(17-9-11-18(30)12-10-17)33-20-13-19(31)15-37(6)27(20)39/h9-16,23,33H,8H2,1-7H3. The minimum absolute atomic E-state index is 0.0607. The van der Waals surface area contributed by atoms with Crippen LogP contribution < -0.4 is 20.5 Å². The fraction of sp³-hybridized carbons (Fsp3) is 0.345. The largest absolute Gasteiger partial charge is 0.479 e. The number of pyridine rings is 1. The number of anilines is 2. The van der Waals surface area contributed by atoms with E-state index in [1.807, 2.05) is 40.1 Å². The fourth-order valence-corrected chi connectivity index (χ4v) is 4.97. The number of benzene rings is 1. The van der Waals surface area contributed by atoms with Gasteiger partial charge in [0.1, 0.15) is 11.4 Å². The summed E-state index contributed by atoms with van der Waals surface area (Å²) in [5.74, 6) is -0.0950. The van der Waals surface area contributed by atoms with E-state index < -0.39 is 12.0 Å². The van der Waals surface area contributed by atoms with Gasteiger partial charge in [0.2, 0.25) is 11.8 Å². The number of rotatable bonds is 10. The summed E-state index contributed by atoms with van der Waals surface area (Å²) in [6.07, 6.45) is 3.12. The highest BCUT2D eigenvalue weighted by Crippen LogP contribution is 2.38. The fourth-order valence-electron chi connectivity index (χ4n) is 4.59. The molecule has 3 aromatic heterocycles. The molecule has 0 bridgehead atoms. The van der Waals surface area contributed by atoms with Gasteiger partial charge in [-0.05, 0) is 36.6 Å². The van der Waals surface area contributed by atoms with Crippen LogP contribution in [-0.4, -0.2) is 58.1 Å². The van der Waals surface area contributed by atoms with Crippen molar-refractivity contribution in [3.05, 3.63) is 85.6 Å². The van der Waals surface area contributed by atoms with E-state index in [1.165, 1.54) is 17.9 Å². The predicted octanol–water partition coefficient (Wildman–Crippen LogP) is 5.24. The second kappa shape index (κ2) is 12.8. The Morgan fingerprint density at radius 2 is 1.83 bits per heavy atom. The molecule has 0 spiro atoms. The summed E-state index contributed by atoms with van der Waals surface area (Å²) in [7, 11) is 6.76. The van der Waals surface area contributed by atoms with Crippen LogP contribution in [0.2, 0.25) is 10.0 Å². The Bertz CT molecular complexity index is 1650. The van der Waals surface area contributed by atoms with Gasteiger partial charge in [0, 0.05) is 37.9 Å². The van der Waals surface area contributed by atoms with Gasteiger partial charge < -0.3 is 24.3 Å². The van der Waals surface area contributed by atoms with Gasteiger partial charge >= 0.3 is 5.97 Å². The molecule has 1 N–H and O–H groups in total. The first kappa shape index (κ1) is 30.9. The number of hydrogen-bond donors (Lipinski definition) is 1. The molecule has 3 heterocycles. The topological polar surface area (TPSA) is 116 Å². The van der Waals surface area contributed by atoms with E-state index in [0.717, 1.165) is 5.56 Å². The number of nitrogens with zero attached hydrogens (tertiary/aromatic N) is 6. The molecule has 0 saturated carbocycles. The maximum Gasteiger partial charge on any atom is 0.359 e. The van der Waals surface area contributed by atoms with Crippen molar-refractivity contribution in [2.24, 2.45) is 7.05 Å². The number of halogens is 2. The Balaban J connectivity index is 2.07. The lowest BCUT2D eigenvalue weighted by Crippen LogP contribution is -2.25. The minimum atomic E-state index is -0.744. The van der Waals surface area contributed by atoms with E-state index in [2.05, 4.69) is 15.3 Å². The van der Waals surface area contributed by atoms with E-state index in [-0.39, 0.29) is 35.3 Å². The zero-order valence-electron chi connectivity index (χ0n) is 24.5. The molecule has 4 aromatic rings. The second-order valence-electron chi connectivity index (χ2n) is 10.0. The van der Waals surface area contributed by atoms with Crippen LogP contribution in [0, 0.1) is 0 Å². The SMILES string of the molecule is CCOC(=O)c1nn(-c2cnc(N(C)C)nc2OC)c(C(C)C)c1C(Nc1cc(Cl)cn(C)c1=O)c1ccc(Cl)cc1. The molecule has 13 heteroatoms. The third-order valence-electron chi connectivity index (χ3n) is 6.46. The number of hydrogen-bond acceptors (Lipinski definition) is 9. The maximum atomic E-state index is 13.5. The number of carbonyl (C=O) groups is 1. The van der Waals surface area contributed by atoms with Gasteiger partial charge in [-0.1, -0.05) is 49.2 Å². The van der Waals surface area contributed by atoms with Crippen LogP contribution in [0.4, 0.5) is 11.6 Å². The third kappa shape index (κ3) is 6.22. The molecule has 42 heavy (non-hydrogen) atoms. The van der Waals surface area contributed by atoms with Crippen molar-refractivity contribution >= 4 is 40.8 Å². The Morgan fingerprint density at radius 3 is 2.43 bits per heavy atom. The number of aromatic nitrogens is 5. The average molecular weight is 615 g/mol. The lowest BCUT2D eigenvalue weighted by atomic mass is 9.92. The van der Waals surface area contributed by atoms with Crippen LogP contribution in [0.25, 0.3) is 5.69 Å². The Kier molecular flexibility index (Phi) is 9.43. The molecule has 1 aromatic carbocycles. The van der Waals surface area contributed by atoms with Crippen LogP contribution in [0.15, 0.2) is 47.5 Å². The normalized spacial score (nSPS) is 11.9. The van der Waals surface area contributed by atoms with Crippen molar-refractivity contribution in [3.8, 4) is 11.6 Å². The van der Waals surface area contributed by atoms with Crippen molar-refractivity contribution in [2.45, 2.75) is 32.7 Å². The highest BCUT2D eigenvalue weighted by atomic mass is 35.5. The van der Waals surface area contributed by atoms with Crippen LogP contribution in [0.3, 0.4) is 0 Å². The molecule has 1 atom stereocenters. The van der Waals surface area contributed by atoms with Crippen LogP contribution in [0.5, 0.6) is 5.88 Å². The Hall–Kier alpha value is -4.09. The summed E-state index contributed by atoms with van der Waals surface area (Å²) in [4.78, 5) is 37.4. The number of nitrogens with one attached hydrogen (secondary N) is 1. The van der Waals surface area contributed by atoms with Crippen molar-refractivity contribution in [3.63, 3.8) is 0 Å². The zero-order valence-corrected chi connectivity index (χ0v) is 26.0. The maximum absolute atomic E-state index is 13.5. The minimum Gasteiger partial charge on any atom is -0.479 e. The van der Waals surface area contributed by atoms with Gasteiger partial charge in [0.25, 0.3) is 5.56 Å². The Morgan fingerprint density at radius 1 is 1.14 bits per heavy atom. The van der Waals surface area contributed by atoms with Crippen molar-refractivity contribution in [2.75, 3.05) is 38.0 Å². The van der Waals surface area contributed by atoms with Gasteiger partial charge in [-0.25, -0.2) is 14.5 Å². The molecule has 0 aliphatic carbocycles. The summed E-state index contributed by atoms with van der Waals surface area (Å²) in [6.45, 7) is 5.81. The van der Waals surface area contributed by atoms with Crippen molar-refractivity contribution in [1.29, 1.82) is 0 Å². The molecule has 4 rings (SSSR count). The summed E-state index contributed by atoms with van der Waals surface area (Å²) >= 11 is 12.6. The molecule has 1 unspecified atom stereocenters. The van der Waals surface area contributed by atoms with Gasteiger partial charge in [0.15, 0.2) is 5.69 Å². The molecule has 0 aliphatic heterocycles. The number of esters is 1. The van der Waals surface area contributed by atoms with Gasteiger partial charge in [-0.2, -0.15) is 10.1 Å². The summed E-state index contributed by atoms with van der Waals surface area (Å²) < 4.78 is 14.1. The van der Waals surface area contributed by atoms with E-state index in [4.69, 9.17) is 37.8 Å². The third-order valence-corrected chi connectivity index (χ3v) is 6.92. The molecule has 0 amide bonds. The van der Waals surface area contributed by atoms with Crippen molar-refractivity contribution in [1.82, 2.24) is 24.3 Å². The summed E-state index contributed by atoms with van der Waals surface area (Å²) in [6, 6.07) is 7.92. The van der Waals surface area contributed by atoms with Gasteiger partial charge in [-0.3, -0.25) is 4.79 Å². The molecule has 0 fully saturated rings. The van der Waals surface area contributed by atoms with Crippen LogP contribution in [-0.2, 0) is 11.8 Å². The molecule has 222 valence electrons. The number of ether oxygens (including phenoxy) is 2. The molecule has 0 radical (unpaired) electrons. The van der Waals surface area contributed by atoms with Crippen molar-refractivity contribution < 1.29 is 14.3 Å². The predicted molar refractivity (Wildman–Crippen MR) is 164 cm³/mol. The molecular formula is C29H33Cl2N7O4. The smallest absolute Gasteiger partial charge is 0.359 e. The molecule has 0 aliphatic rings. The quantitative estimate of drug-likeness (QED) is 0.239. The van der Waals surface area contributed by atoms with E-state index in [0.29, 0.717) is 32.9 Å². The van der Waals surface area contributed by atoms with Crippen LogP contribution in [0.1, 0.15) is 60.0 Å². The Labute approximate surface area is 254 Å². The first-order valence-corrected chi connectivity index (χ1v) is 14.0. The van der Waals surface area contributed by atoms with Gasteiger partial charge in [0.05, 0.1) is 36.7 Å². The van der Waals surface area contributed by atoms with E-state index in [9.17, 15) is 9.59 Å². The number of carbonyl (C=O) groups excluding carboxylic acids is 1. The lowest BCUT2D eigenvalue weighted by Gasteiger charge is -2.24. The van der Waals surface area contributed by atoms with Gasteiger partial charge in [-0.15, -0.1) is 0 Å². The molecule has 0 saturated heterocycles. The second-order valence-corrected chi connectivity index (χ2v) is 10.9. The summed E-state index contributed by atoms with van der Waals surface area (Å²) in [5, 5.41) is 8.99. The molecule has 11 nitrogen and oxygen atoms in total. The summed E-state index contributed by atoms with van der Waals surface area (Å²) in [5.41, 5.74) is 2.31.